The second kappa shape index (κ2) is 7.32. The summed E-state index contributed by atoms with van der Waals surface area (Å²) >= 11 is 0. The number of benzene rings is 1. The number of aryl methyl sites for hydroxylation is 1. The summed E-state index contributed by atoms with van der Waals surface area (Å²) in [6, 6.07) is 6.36. The monoisotopic (exact) mass is 358 g/mol. The quantitative estimate of drug-likeness (QED) is 0.803. The van der Waals surface area contributed by atoms with Gasteiger partial charge in [0.05, 0.1) is 12.7 Å². The zero-order valence-corrected chi connectivity index (χ0v) is 15.3. The van der Waals surface area contributed by atoms with Gasteiger partial charge < -0.3 is 14.6 Å². The Hall–Kier alpha value is -2.63. The lowest BCUT2D eigenvalue weighted by molar-refractivity contribution is 0.0599. The number of hydrogen-bond donors (Lipinski definition) is 1. The van der Waals surface area contributed by atoms with E-state index < -0.39 is 5.97 Å². The molecule has 0 saturated heterocycles. The normalized spacial score (nSPS) is 13.5. The van der Waals surface area contributed by atoms with Crippen molar-refractivity contribution >= 4 is 11.9 Å². The van der Waals surface area contributed by atoms with E-state index in [-0.39, 0.29) is 17.8 Å². The lowest BCUT2D eigenvalue weighted by atomic mass is 10.1. The lowest BCUT2D eigenvalue weighted by Crippen LogP contribution is -2.33. The Morgan fingerprint density at radius 2 is 1.92 bits per heavy atom. The third-order valence-corrected chi connectivity index (χ3v) is 4.80. The standard InChI is InChI=1S/C20H23FN2O3/c1-4-16-17(20(25)26-3)12(2)18(22-16)19(24)23(15-9-10-15)11-13-5-7-14(21)8-6-13/h5-8,15,22H,4,9-11H2,1-3H3. The van der Waals surface area contributed by atoms with Crippen molar-refractivity contribution in [3.8, 4) is 0 Å². The Balaban J connectivity index is 1.91. The number of amides is 1. The van der Waals surface area contributed by atoms with Gasteiger partial charge in [-0.1, -0.05) is 19.1 Å². The van der Waals surface area contributed by atoms with Crippen LogP contribution in [0.5, 0.6) is 0 Å². The number of nitrogens with one attached hydrogen (secondary N) is 1. The molecule has 1 aliphatic rings. The van der Waals surface area contributed by atoms with Gasteiger partial charge in [0.2, 0.25) is 0 Å². The predicted molar refractivity (Wildman–Crippen MR) is 95.5 cm³/mol. The van der Waals surface area contributed by atoms with E-state index in [1.807, 2.05) is 6.92 Å². The van der Waals surface area contributed by atoms with Gasteiger partial charge in [-0.3, -0.25) is 4.79 Å². The molecule has 6 heteroatoms. The van der Waals surface area contributed by atoms with Crippen molar-refractivity contribution < 1.29 is 18.7 Å². The fourth-order valence-corrected chi connectivity index (χ4v) is 3.20. The predicted octanol–water partition coefficient (Wildman–Crippen LogP) is 3.62. The van der Waals surface area contributed by atoms with Gasteiger partial charge in [-0.25, -0.2) is 9.18 Å². The van der Waals surface area contributed by atoms with E-state index in [9.17, 15) is 14.0 Å². The van der Waals surface area contributed by atoms with Crippen LogP contribution in [0, 0.1) is 12.7 Å². The first-order valence-electron chi connectivity index (χ1n) is 8.81. The largest absolute Gasteiger partial charge is 0.465 e. The molecule has 1 amide bonds. The van der Waals surface area contributed by atoms with Crippen LogP contribution in [0.2, 0.25) is 0 Å². The molecule has 1 heterocycles. The summed E-state index contributed by atoms with van der Waals surface area (Å²) in [7, 11) is 1.33. The van der Waals surface area contributed by atoms with Gasteiger partial charge in [0.1, 0.15) is 11.5 Å². The Morgan fingerprint density at radius 1 is 1.27 bits per heavy atom. The van der Waals surface area contributed by atoms with Gasteiger partial charge in [-0.2, -0.15) is 0 Å². The molecule has 1 aromatic carbocycles. The van der Waals surface area contributed by atoms with Crippen LogP contribution >= 0.6 is 0 Å². The number of rotatable bonds is 6. The maximum absolute atomic E-state index is 13.2. The first-order valence-corrected chi connectivity index (χ1v) is 8.81. The molecule has 0 atom stereocenters. The van der Waals surface area contributed by atoms with Crippen molar-refractivity contribution in [1.82, 2.24) is 9.88 Å². The van der Waals surface area contributed by atoms with Gasteiger partial charge in [-0.15, -0.1) is 0 Å². The van der Waals surface area contributed by atoms with Crippen LogP contribution < -0.4 is 0 Å². The molecule has 0 spiro atoms. The van der Waals surface area contributed by atoms with Crippen molar-refractivity contribution in [2.45, 2.75) is 45.7 Å². The molecule has 138 valence electrons. The summed E-state index contributed by atoms with van der Waals surface area (Å²) in [4.78, 5) is 30.2. The zero-order chi connectivity index (χ0) is 18.8. The van der Waals surface area contributed by atoms with E-state index in [2.05, 4.69) is 4.98 Å². The maximum Gasteiger partial charge on any atom is 0.339 e. The molecule has 1 N–H and O–H groups in total. The molecule has 0 unspecified atom stereocenters. The van der Waals surface area contributed by atoms with Crippen molar-refractivity contribution in [2.24, 2.45) is 0 Å². The molecule has 1 aromatic heterocycles. The van der Waals surface area contributed by atoms with Crippen LogP contribution in [0.15, 0.2) is 24.3 Å². The molecule has 0 radical (unpaired) electrons. The summed E-state index contributed by atoms with van der Waals surface area (Å²) in [5.74, 6) is -0.876. The lowest BCUT2D eigenvalue weighted by Gasteiger charge is -2.22. The number of hydrogen-bond acceptors (Lipinski definition) is 3. The van der Waals surface area contributed by atoms with Crippen LogP contribution in [0.3, 0.4) is 0 Å². The average Bonchev–Trinajstić information content (AvgIpc) is 3.42. The Bertz CT molecular complexity index is 822. The van der Waals surface area contributed by atoms with Gasteiger partial charge >= 0.3 is 5.97 Å². The first-order chi connectivity index (χ1) is 12.5. The Kier molecular flexibility index (Phi) is 5.11. The molecule has 1 aliphatic carbocycles. The molecule has 0 bridgehead atoms. The summed E-state index contributed by atoms with van der Waals surface area (Å²) in [5.41, 5.74) is 3.06. The van der Waals surface area contributed by atoms with Crippen molar-refractivity contribution in [2.75, 3.05) is 7.11 Å². The van der Waals surface area contributed by atoms with Crippen molar-refractivity contribution in [1.29, 1.82) is 0 Å². The molecular formula is C20H23FN2O3. The number of halogens is 1. The highest BCUT2D eigenvalue weighted by molar-refractivity contribution is 6.00. The van der Waals surface area contributed by atoms with Crippen LogP contribution in [-0.4, -0.2) is 34.9 Å². The second-order valence-corrected chi connectivity index (χ2v) is 6.61. The SMILES string of the molecule is CCc1[nH]c(C(=O)N(Cc2ccc(F)cc2)C2CC2)c(C)c1C(=O)OC. The van der Waals surface area contributed by atoms with E-state index in [4.69, 9.17) is 4.74 Å². The third kappa shape index (κ3) is 3.49. The van der Waals surface area contributed by atoms with Gasteiger partial charge in [0.25, 0.3) is 5.91 Å². The minimum atomic E-state index is -0.439. The van der Waals surface area contributed by atoms with Crippen LogP contribution in [-0.2, 0) is 17.7 Å². The number of methoxy groups -OCH3 is 1. The summed E-state index contributed by atoms with van der Waals surface area (Å²) in [5, 5.41) is 0. The third-order valence-electron chi connectivity index (χ3n) is 4.80. The highest BCUT2D eigenvalue weighted by Crippen LogP contribution is 2.31. The number of carbonyl (C=O) groups is 2. The molecule has 0 aliphatic heterocycles. The van der Waals surface area contributed by atoms with E-state index >= 15 is 0 Å². The maximum atomic E-state index is 13.2. The second-order valence-electron chi connectivity index (χ2n) is 6.61. The minimum Gasteiger partial charge on any atom is -0.465 e. The molecule has 3 rings (SSSR count). The first kappa shape index (κ1) is 18.2. The van der Waals surface area contributed by atoms with Crippen LogP contribution in [0.25, 0.3) is 0 Å². The number of H-pyrrole nitrogens is 1. The number of ether oxygens (including phenoxy) is 1. The number of esters is 1. The van der Waals surface area contributed by atoms with Crippen molar-refractivity contribution in [3.63, 3.8) is 0 Å². The van der Waals surface area contributed by atoms with Gasteiger partial charge in [0, 0.05) is 18.3 Å². The molecule has 26 heavy (non-hydrogen) atoms. The zero-order valence-electron chi connectivity index (χ0n) is 15.3. The molecule has 1 fully saturated rings. The topological polar surface area (TPSA) is 62.4 Å². The van der Waals surface area contributed by atoms with E-state index in [0.29, 0.717) is 35.5 Å². The summed E-state index contributed by atoms with van der Waals surface area (Å²) in [6.45, 7) is 4.10. The number of aromatic amines is 1. The fourth-order valence-electron chi connectivity index (χ4n) is 3.20. The number of nitrogens with zero attached hydrogens (tertiary/aromatic N) is 1. The van der Waals surface area contributed by atoms with E-state index in [1.54, 1.807) is 24.0 Å². The van der Waals surface area contributed by atoms with E-state index in [1.165, 1.54) is 19.2 Å². The average molecular weight is 358 g/mol. The van der Waals surface area contributed by atoms with Crippen molar-refractivity contribution in [3.05, 3.63) is 58.2 Å². The molecule has 2 aromatic rings. The highest BCUT2D eigenvalue weighted by atomic mass is 19.1. The fraction of sp³-hybridized carbons (Fsp3) is 0.400. The summed E-state index contributed by atoms with van der Waals surface area (Å²) in [6.07, 6.45) is 2.51. The number of carbonyl (C=O) groups excluding carboxylic acids is 2. The van der Waals surface area contributed by atoms with Crippen LogP contribution in [0.1, 0.15) is 57.4 Å². The smallest absolute Gasteiger partial charge is 0.339 e. The van der Waals surface area contributed by atoms with Gasteiger partial charge in [0.15, 0.2) is 0 Å². The van der Waals surface area contributed by atoms with E-state index in [0.717, 1.165) is 18.4 Å². The highest BCUT2D eigenvalue weighted by Gasteiger charge is 2.35. The Morgan fingerprint density at radius 3 is 2.46 bits per heavy atom. The Labute approximate surface area is 152 Å². The van der Waals surface area contributed by atoms with Gasteiger partial charge in [-0.05, 0) is 49.4 Å². The summed E-state index contributed by atoms with van der Waals surface area (Å²) < 4.78 is 18.0. The van der Waals surface area contributed by atoms with Crippen LogP contribution in [0.4, 0.5) is 4.39 Å². The minimum absolute atomic E-state index is 0.140. The molecule has 1 saturated carbocycles. The number of aromatic nitrogens is 1. The molecular weight excluding hydrogens is 335 g/mol. The molecule has 5 nitrogen and oxygen atoms in total.